The molecule has 1 unspecified atom stereocenters. The van der Waals surface area contributed by atoms with Crippen LogP contribution in [0.2, 0.25) is 0 Å². The van der Waals surface area contributed by atoms with Gasteiger partial charge in [-0.2, -0.15) is 0 Å². The molecule has 1 aliphatic heterocycles. The molecule has 116 valence electrons. The summed E-state index contributed by atoms with van der Waals surface area (Å²) in [6.07, 6.45) is 2.66. The van der Waals surface area contributed by atoms with Crippen molar-refractivity contribution in [3.63, 3.8) is 0 Å². The van der Waals surface area contributed by atoms with Gasteiger partial charge in [-0.3, -0.25) is 9.59 Å². The highest BCUT2D eigenvalue weighted by Gasteiger charge is 2.26. The van der Waals surface area contributed by atoms with Crippen molar-refractivity contribution in [3.8, 4) is 0 Å². The normalized spacial score (nSPS) is 18.1. The van der Waals surface area contributed by atoms with Crippen LogP contribution in [0.3, 0.4) is 0 Å². The van der Waals surface area contributed by atoms with Gasteiger partial charge in [0.25, 0.3) is 0 Å². The van der Waals surface area contributed by atoms with E-state index in [1.54, 1.807) is 4.90 Å². The Balaban J connectivity index is 2.47. The molecular weight excluding hydrogens is 254 g/mol. The third-order valence-corrected chi connectivity index (χ3v) is 3.93. The topological polar surface area (TPSA) is 52.7 Å². The Bertz CT molecular complexity index is 310. The molecule has 5 nitrogen and oxygen atoms in total. The average molecular weight is 283 g/mol. The first kappa shape index (κ1) is 17.0. The Morgan fingerprint density at radius 2 is 1.75 bits per heavy atom. The lowest BCUT2D eigenvalue weighted by Crippen LogP contribution is -2.42. The van der Waals surface area contributed by atoms with E-state index < -0.39 is 0 Å². The zero-order valence-electron chi connectivity index (χ0n) is 13.2. The van der Waals surface area contributed by atoms with Crippen molar-refractivity contribution in [3.05, 3.63) is 0 Å². The zero-order valence-corrected chi connectivity index (χ0v) is 13.2. The Kier molecular flexibility index (Phi) is 7.59. The van der Waals surface area contributed by atoms with Crippen molar-refractivity contribution in [2.24, 2.45) is 0 Å². The second-order valence-electron chi connectivity index (χ2n) is 5.30. The van der Waals surface area contributed by atoms with Gasteiger partial charge in [0.05, 0.1) is 0 Å². The van der Waals surface area contributed by atoms with Gasteiger partial charge in [0.1, 0.15) is 0 Å². The number of nitrogens with one attached hydrogen (secondary N) is 1. The van der Waals surface area contributed by atoms with E-state index in [2.05, 4.69) is 12.2 Å². The fraction of sp³-hybridized carbons (Fsp3) is 0.867. The molecule has 1 aliphatic rings. The number of carbonyl (C=O) groups excluding carboxylic acids is 2. The van der Waals surface area contributed by atoms with Crippen LogP contribution in [0.15, 0.2) is 0 Å². The fourth-order valence-electron chi connectivity index (χ4n) is 2.75. The number of carbonyl (C=O) groups is 2. The number of amides is 2. The summed E-state index contributed by atoms with van der Waals surface area (Å²) in [6.45, 7) is 10.1. The van der Waals surface area contributed by atoms with Gasteiger partial charge < -0.3 is 15.1 Å². The summed E-state index contributed by atoms with van der Waals surface area (Å²) >= 11 is 0. The maximum atomic E-state index is 12.4. The molecule has 0 bridgehead atoms. The molecule has 0 aromatic heterocycles. The van der Waals surface area contributed by atoms with Crippen molar-refractivity contribution >= 4 is 11.8 Å². The Hall–Kier alpha value is -1.10. The van der Waals surface area contributed by atoms with Crippen LogP contribution in [0.4, 0.5) is 0 Å². The van der Waals surface area contributed by atoms with Crippen LogP contribution in [0.25, 0.3) is 0 Å². The molecule has 1 N–H and O–H groups in total. The van der Waals surface area contributed by atoms with Crippen molar-refractivity contribution < 1.29 is 9.59 Å². The molecule has 0 spiro atoms. The van der Waals surface area contributed by atoms with Crippen molar-refractivity contribution in [2.45, 2.75) is 52.5 Å². The third kappa shape index (κ3) is 4.78. The first-order valence-corrected chi connectivity index (χ1v) is 7.91. The first-order chi connectivity index (χ1) is 9.63. The fourth-order valence-corrected chi connectivity index (χ4v) is 2.75. The van der Waals surface area contributed by atoms with Crippen LogP contribution in [0, 0.1) is 0 Å². The summed E-state index contributed by atoms with van der Waals surface area (Å²) in [6, 6.07) is 0.311. The lowest BCUT2D eigenvalue weighted by atomic mass is 10.1. The first-order valence-electron chi connectivity index (χ1n) is 7.91. The monoisotopic (exact) mass is 283 g/mol. The summed E-state index contributed by atoms with van der Waals surface area (Å²) in [5, 5.41) is 3.30. The van der Waals surface area contributed by atoms with Crippen molar-refractivity contribution in [1.29, 1.82) is 0 Å². The second-order valence-corrected chi connectivity index (χ2v) is 5.30. The van der Waals surface area contributed by atoms with Crippen LogP contribution in [0.1, 0.15) is 46.5 Å². The average Bonchev–Trinajstić information content (AvgIpc) is 2.97. The minimum Gasteiger partial charge on any atom is -0.343 e. The molecule has 2 amide bonds. The molecule has 1 atom stereocenters. The highest BCUT2D eigenvalue weighted by atomic mass is 16.2. The predicted octanol–water partition coefficient (Wildman–Crippen LogP) is 1.24. The van der Waals surface area contributed by atoms with Gasteiger partial charge in [0.2, 0.25) is 11.8 Å². The van der Waals surface area contributed by atoms with Crippen LogP contribution in [0.5, 0.6) is 0 Å². The van der Waals surface area contributed by atoms with E-state index in [1.807, 2.05) is 18.7 Å². The molecule has 0 aromatic rings. The van der Waals surface area contributed by atoms with E-state index >= 15 is 0 Å². The Labute approximate surface area is 122 Å². The van der Waals surface area contributed by atoms with Crippen LogP contribution >= 0.6 is 0 Å². The van der Waals surface area contributed by atoms with Gasteiger partial charge in [-0.1, -0.05) is 6.92 Å². The summed E-state index contributed by atoms with van der Waals surface area (Å²) in [7, 11) is 0. The third-order valence-electron chi connectivity index (χ3n) is 3.93. The molecule has 1 rings (SSSR count). The van der Waals surface area contributed by atoms with E-state index in [-0.39, 0.29) is 11.8 Å². The molecule has 0 saturated carbocycles. The van der Waals surface area contributed by atoms with Crippen molar-refractivity contribution in [2.75, 3.05) is 32.7 Å². The van der Waals surface area contributed by atoms with Gasteiger partial charge in [-0.15, -0.1) is 0 Å². The molecule has 1 heterocycles. The Morgan fingerprint density at radius 3 is 2.25 bits per heavy atom. The highest BCUT2D eigenvalue weighted by molar-refractivity contribution is 5.84. The van der Waals surface area contributed by atoms with E-state index in [4.69, 9.17) is 0 Å². The minimum absolute atomic E-state index is 0.0874. The minimum atomic E-state index is 0.0874. The van der Waals surface area contributed by atoms with E-state index in [0.717, 1.165) is 45.6 Å². The highest BCUT2D eigenvalue weighted by Crippen LogP contribution is 2.12. The predicted molar refractivity (Wildman–Crippen MR) is 80.4 cm³/mol. The smallest absolute Gasteiger partial charge is 0.223 e. The number of hydrogen-bond donors (Lipinski definition) is 1. The van der Waals surface area contributed by atoms with Gasteiger partial charge >= 0.3 is 0 Å². The second kappa shape index (κ2) is 8.95. The quantitative estimate of drug-likeness (QED) is 0.729. The maximum absolute atomic E-state index is 12.4. The molecule has 0 aliphatic carbocycles. The van der Waals surface area contributed by atoms with Gasteiger partial charge in [0, 0.05) is 45.1 Å². The van der Waals surface area contributed by atoms with Crippen LogP contribution in [-0.2, 0) is 9.59 Å². The van der Waals surface area contributed by atoms with Gasteiger partial charge in [-0.05, 0) is 33.2 Å². The molecular formula is C15H29N3O2. The van der Waals surface area contributed by atoms with E-state index in [9.17, 15) is 9.59 Å². The number of nitrogens with zero attached hydrogens (tertiary/aromatic N) is 2. The molecule has 0 aromatic carbocycles. The van der Waals surface area contributed by atoms with Gasteiger partial charge in [-0.25, -0.2) is 0 Å². The summed E-state index contributed by atoms with van der Waals surface area (Å²) < 4.78 is 0. The molecule has 1 saturated heterocycles. The van der Waals surface area contributed by atoms with Gasteiger partial charge in [0.15, 0.2) is 0 Å². The summed E-state index contributed by atoms with van der Waals surface area (Å²) in [5.41, 5.74) is 0. The zero-order chi connectivity index (χ0) is 15.0. The standard InChI is InChI=1S/C15H29N3O2/c1-4-11-18(13-9-10-16-12-13)15(20)8-7-14(19)17(5-2)6-3/h13,16H,4-12H2,1-3H3. The molecule has 5 heteroatoms. The molecule has 0 radical (unpaired) electrons. The number of rotatable bonds is 8. The Morgan fingerprint density at radius 1 is 1.10 bits per heavy atom. The number of hydrogen-bond acceptors (Lipinski definition) is 3. The molecule has 20 heavy (non-hydrogen) atoms. The lowest BCUT2D eigenvalue weighted by molar-refractivity contribution is -0.138. The van der Waals surface area contributed by atoms with Crippen LogP contribution in [-0.4, -0.2) is 60.4 Å². The SMILES string of the molecule is CCCN(C(=O)CCC(=O)N(CC)CC)C1CCNC1. The van der Waals surface area contributed by atoms with E-state index in [1.165, 1.54) is 0 Å². The summed E-state index contributed by atoms with van der Waals surface area (Å²) in [5.74, 6) is 0.213. The lowest BCUT2D eigenvalue weighted by Gasteiger charge is -2.28. The maximum Gasteiger partial charge on any atom is 0.223 e. The summed E-state index contributed by atoms with van der Waals surface area (Å²) in [4.78, 5) is 28.1. The largest absolute Gasteiger partial charge is 0.343 e. The van der Waals surface area contributed by atoms with Crippen molar-refractivity contribution in [1.82, 2.24) is 15.1 Å². The van der Waals surface area contributed by atoms with E-state index in [0.29, 0.717) is 18.9 Å². The molecule has 1 fully saturated rings. The van der Waals surface area contributed by atoms with Crippen LogP contribution < -0.4 is 5.32 Å².